The molecule has 2 aliphatic heterocycles. The Kier molecular flexibility index (Phi) is 6.19. The van der Waals surface area contributed by atoms with E-state index in [2.05, 4.69) is 20.9 Å². The maximum atomic E-state index is 12.7. The van der Waals surface area contributed by atoms with Crippen LogP contribution in [0.15, 0.2) is 24.3 Å². The van der Waals surface area contributed by atoms with Crippen molar-refractivity contribution in [2.24, 2.45) is 0 Å². The Bertz CT molecular complexity index is 735. The molecule has 1 aromatic rings. The molecule has 2 unspecified atom stereocenters. The van der Waals surface area contributed by atoms with Crippen molar-refractivity contribution in [3.05, 3.63) is 24.3 Å². The first kappa shape index (κ1) is 19.7. The predicted octanol–water partition coefficient (Wildman–Crippen LogP) is -1.50. The normalized spacial score (nSPS) is 20.2. The number of nitrogens with zero attached hydrogens (tertiary/aromatic N) is 2. The number of methoxy groups -OCH3 is 1. The Morgan fingerprint density at radius 1 is 1.29 bits per heavy atom. The number of nitrogens with one attached hydrogen (secondary N) is 3. The molecule has 0 aliphatic carbocycles. The Morgan fingerprint density at radius 2 is 2.00 bits per heavy atom. The van der Waals surface area contributed by atoms with Crippen LogP contribution in [-0.2, 0) is 9.59 Å². The van der Waals surface area contributed by atoms with Gasteiger partial charge in [0.2, 0.25) is 11.8 Å². The Hall–Kier alpha value is -3.01. The van der Waals surface area contributed by atoms with Gasteiger partial charge in [-0.05, 0) is 12.1 Å². The largest absolute Gasteiger partial charge is 0.495 e. The zero-order valence-corrected chi connectivity index (χ0v) is 15.7. The van der Waals surface area contributed by atoms with Crippen molar-refractivity contribution < 1.29 is 24.2 Å². The summed E-state index contributed by atoms with van der Waals surface area (Å²) in [6.07, 6.45) is 0. The maximum absolute atomic E-state index is 12.7. The van der Waals surface area contributed by atoms with Gasteiger partial charge in [0, 0.05) is 32.7 Å². The third-order valence-corrected chi connectivity index (χ3v) is 4.90. The summed E-state index contributed by atoms with van der Waals surface area (Å²) in [5.74, 6) is -0.0683. The molecular formula is C18H25N5O5. The molecule has 2 heterocycles. The molecule has 2 saturated heterocycles. The van der Waals surface area contributed by atoms with E-state index in [-0.39, 0.29) is 12.5 Å². The van der Waals surface area contributed by atoms with Crippen LogP contribution in [0.3, 0.4) is 0 Å². The molecule has 4 amide bonds. The lowest BCUT2D eigenvalue weighted by Gasteiger charge is -2.38. The van der Waals surface area contributed by atoms with Gasteiger partial charge in [0.25, 0.3) is 0 Å². The fourth-order valence-electron chi connectivity index (χ4n) is 3.35. The molecule has 0 aromatic heterocycles. The van der Waals surface area contributed by atoms with Crippen LogP contribution < -0.4 is 25.6 Å². The molecule has 1 aromatic carbocycles. The smallest absolute Gasteiger partial charge is 0.315 e. The number of ether oxygens (including phenoxy) is 1. The van der Waals surface area contributed by atoms with E-state index in [0.29, 0.717) is 26.2 Å². The number of anilines is 1. The van der Waals surface area contributed by atoms with Gasteiger partial charge in [-0.3, -0.25) is 9.59 Å². The summed E-state index contributed by atoms with van der Waals surface area (Å²) < 4.78 is 5.39. The summed E-state index contributed by atoms with van der Waals surface area (Å²) in [6.45, 7) is 1.79. The third kappa shape index (κ3) is 4.28. The molecule has 28 heavy (non-hydrogen) atoms. The van der Waals surface area contributed by atoms with Crippen molar-refractivity contribution in [2.75, 3.05) is 51.3 Å². The number of rotatable bonds is 6. The highest BCUT2D eigenvalue weighted by Crippen LogP contribution is 2.28. The van der Waals surface area contributed by atoms with Crippen LogP contribution >= 0.6 is 0 Å². The SMILES string of the molecule is COc1ccccc1N1CCN(C(=O)C(CO)NC(=O)C2CNC(=O)N2)CC1. The van der Waals surface area contributed by atoms with Crippen LogP contribution in [0.2, 0.25) is 0 Å². The molecular weight excluding hydrogens is 366 g/mol. The number of carbonyl (C=O) groups excluding carboxylic acids is 3. The summed E-state index contributed by atoms with van der Waals surface area (Å²) in [4.78, 5) is 39.8. The number of carbonyl (C=O) groups is 3. The third-order valence-electron chi connectivity index (χ3n) is 4.90. The highest BCUT2D eigenvalue weighted by molar-refractivity contribution is 5.93. The second kappa shape index (κ2) is 8.79. The van der Waals surface area contributed by atoms with Crippen LogP contribution in [0, 0.1) is 0 Å². The number of amides is 4. The van der Waals surface area contributed by atoms with E-state index < -0.39 is 30.6 Å². The van der Waals surface area contributed by atoms with Crippen LogP contribution in [0.1, 0.15) is 0 Å². The average molecular weight is 391 g/mol. The van der Waals surface area contributed by atoms with Gasteiger partial charge in [0.1, 0.15) is 17.8 Å². The van der Waals surface area contributed by atoms with Gasteiger partial charge in [0.05, 0.1) is 19.4 Å². The van der Waals surface area contributed by atoms with Crippen LogP contribution in [0.5, 0.6) is 5.75 Å². The van der Waals surface area contributed by atoms with Gasteiger partial charge in [-0.25, -0.2) is 4.79 Å². The number of piperazine rings is 1. The van der Waals surface area contributed by atoms with Crippen molar-refractivity contribution in [3.63, 3.8) is 0 Å². The topological polar surface area (TPSA) is 123 Å². The molecule has 0 radical (unpaired) electrons. The van der Waals surface area contributed by atoms with Crippen molar-refractivity contribution >= 4 is 23.5 Å². The Labute approximate surface area is 162 Å². The first-order valence-corrected chi connectivity index (χ1v) is 9.16. The van der Waals surface area contributed by atoms with Gasteiger partial charge in [0.15, 0.2) is 0 Å². The molecule has 10 heteroatoms. The minimum Gasteiger partial charge on any atom is -0.495 e. The second-order valence-corrected chi connectivity index (χ2v) is 6.63. The number of aliphatic hydroxyl groups is 1. The number of para-hydroxylation sites is 2. The molecule has 0 bridgehead atoms. The molecule has 10 nitrogen and oxygen atoms in total. The van der Waals surface area contributed by atoms with Gasteiger partial charge in [-0.1, -0.05) is 12.1 Å². The van der Waals surface area contributed by atoms with Crippen molar-refractivity contribution in [2.45, 2.75) is 12.1 Å². The van der Waals surface area contributed by atoms with Crippen molar-refractivity contribution in [1.29, 1.82) is 0 Å². The fourth-order valence-corrected chi connectivity index (χ4v) is 3.35. The number of aliphatic hydroxyl groups excluding tert-OH is 1. The van der Waals surface area contributed by atoms with Crippen LogP contribution in [0.25, 0.3) is 0 Å². The molecule has 4 N–H and O–H groups in total. The molecule has 0 spiro atoms. The van der Waals surface area contributed by atoms with Crippen molar-refractivity contribution in [1.82, 2.24) is 20.9 Å². The summed E-state index contributed by atoms with van der Waals surface area (Å²) >= 11 is 0. The van der Waals surface area contributed by atoms with Gasteiger partial charge < -0.3 is 35.6 Å². The Balaban J connectivity index is 1.56. The fraction of sp³-hybridized carbons (Fsp3) is 0.500. The lowest BCUT2D eigenvalue weighted by molar-refractivity contribution is -0.138. The monoisotopic (exact) mass is 391 g/mol. The minimum atomic E-state index is -1.04. The van der Waals surface area contributed by atoms with Gasteiger partial charge in [-0.15, -0.1) is 0 Å². The molecule has 2 atom stereocenters. The van der Waals surface area contributed by atoms with E-state index in [9.17, 15) is 19.5 Å². The lowest BCUT2D eigenvalue weighted by Crippen LogP contribution is -2.58. The van der Waals surface area contributed by atoms with E-state index in [1.807, 2.05) is 24.3 Å². The zero-order chi connectivity index (χ0) is 20.1. The maximum Gasteiger partial charge on any atom is 0.315 e. The van der Waals surface area contributed by atoms with Crippen LogP contribution in [0.4, 0.5) is 10.5 Å². The highest BCUT2D eigenvalue weighted by Gasteiger charge is 2.32. The first-order valence-electron chi connectivity index (χ1n) is 9.16. The number of urea groups is 1. The van der Waals surface area contributed by atoms with E-state index in [4.69, 9.17) is 4.74 Å². The summed E-state index contributed by atoms with van der Waals surface area (Å²) in [5, 5.41) is 17.0. The number of hydrogen-bond donors (Lipinski definition) is 4. The second-order valence-electron chi connectivity index (χ2n) is 6.63. The quantitative estimate of drug-likeness (QED) is 0.468. The van der Waals surface area contributed by atoms with E-state index >= 15 is 0 Å². The highest BCUT2D eigenvalue weighted by atomic mass is 16.5. The molecule has 2 fully saturated rings. The molecule has 0 saturated carbocycles. The number of benzene rings is 1. The molecule has 152 valence electrons. The average Bonchev–Trinajstić information content (AvgIpc) is 3.18. The van der Waals surface area contributed by atoms with E-state index in [0.717, 1.165) is 11.4 Å². The van der Waals surface area contributed by atoms with Gasteiger partial charge in [-0.2, -0.15) is 0 Å². The number of hydrogen-bond acceptors (Lipinski definition) is 6. The van der Waals surface area contributed by atoms with E-state index in [1.54, 1.807) is 12.0 Å². The predicted molar refractivity (Wildman–Crippen MR) is 101 cm³/mol. The molecule has 2 aliphatic rings. The zero-order valence-electron chi connectivity index (χ0n) is 15.7. The standard InChI is InChI=1S/C18H25N5O5/c1-28-15-5-3-2-4-14(15)22-6-8-23(9-7-22)17(26)13(11-24)20-16(25)12-10-19-18(27)21-12/h2-5,12-13,24H,6-11H2,1H3,(H,20,25)(H2,19,21,27). The summed E-state index contributed by atoms with van der Waals surface area (Å²) in [7, 11) is 1.62. The summed E-state index contributed by atoms with van der Waals surface area (Å²) in [5.41, 5.74) is 0.966. The lowest BCUT2D eigenvalue weighted by atomic mass is 10.2. The Morgan fingerprint density at radius 3 is 2.61 bits per heavy atom. The minimum absolute atomic E-state index is 0.147. The molecule has 3 rings (SSSR count). The first-order chi connectivity index (χ1) is 13.5. The van der Waals surface area contributed by atoms with E-state index in [1.165, 1.54) is 0 Å². The van der Waals surface area contributed by atoms with Crippen molar-refractivity contribution in [3.8, 4) is 5.75 Å². The van der Waals surface area contributed by atoms with Gasteiger partial charge >= 0.3 is 6.03 Å². The van der Waals surface area contributed by atoms with Crippen LogP contribution in [-0.4, -0.2) is 86.4 Å². The summed E-state index contributed by atoms with van der Waals surface area (Å²) in [6, 6.07) is 5.47.